The van der Waals surface area contributed by atoms with E-state index in [-0.39, 0.29) is 0 Å². The Hall–Kier alpha value is -0.390. The molecule has 7 heavy (non-hydrogen) atoms. The zero-order valence-corrected chi connectivity index (χ0v) is 4.96. The first-order chi connectivity index (χ1) is 3.39. The Morgan fingerprint density at radius 2 is 2.57 bits per heavy atom. The molecule has 0 saturated heterocycles. The molecule has 0 fully saturated rings. The Kier molecular flexibility index (Phi) is 1.40. The Bertz CT molecular complexity index is 148. The predicted molar refractivity (Wildman–Crippen MR) is 34.0 cm³/mol. The van der Waals surface area contributed by atoms with Crippen LogP contribution in [0.15, 0.2) is 28.2 Å². The van der Waals surface area contributed by atoms with Gasteiger partial charge in [0.1, 0.15) is 0 Å². The fraction of sp³-hybridized carbons (Fsp3) is 0.167. The zero-order chi connectivity index (χ0) is 5.11. The standard InChI is InChI=1S/C6H6S/c1-6-4-2-3-5-7-6/h2,4-5H,1H3. The van der Waals surface area contributed by atoms with Crippen molar-refractivity contribution in [3.63, 3.8) is 0 Å². The number of rotatable bonds is 0. The van der Waals surface area contributed by atoms with E-state index in [4.69, 9.17) is 0 Å². The van der Waals surface area contributed by atoms with Crippen LogP contribution in [0, 0.1) is 0 Å². The largest absolute Gasteiger partial charge is 0.114 e. The maximum absolute atomic E-state index is 2.95. The van der Waals surface area contributed by atoms with Gasteiger partial charge in [0, 0.05) is 5.41 Å². The summed E-state index contributed by atoms with van der Waals surface area (Å²) in [5.41, 5.74) is 2.95. The quantitative estimate of drug-likeness (QED) is 0.431. The monoisotopic (exact) mass is 110 g/mol. The molecule has 1 heterocycles. The Balaban J connectivity index is 2.77. The molecule has 0 aromatic carbocycles. The van der Waals surface area contributed by atoms with Gasteiger partial charge in [0.15, 0.2) is 0 Å². The molecule has 0 amide bonds. The summed E-state index contributed by atoms with van der Waals surface area (Å²) in [5.74, 6) is 0. The molecular formula is C6H6S. The van der Waals surface area contributed by atoms with Crippen LogP contribution in [0.4, 0.5) is 0 Å². The molecule has 0 bridgehead atoms. The minimum atomic E-state index is 1.33. The van der Waals surface area contributed by atoms with Crippen molar-refractivity contribution < 1.29 is 0 Å². The van der Waals surface area contributed by atoms with E-state index in [0.717, 1.165) is 0 Å². The lowest BCUT2D eigenvalue weighted by Gasteiger charge is -1.91. The Morgan fingerprint density at radius 3 is 2.86 bits per heavy atom. The molecule has 0 unspecified atom stereocenters. The van der Waals surface area contributed by atoms with Gasteiger partial charge in [0.05, 0.1) is 0 Å². The molecule has 0 aromatic rings. The lowest BCUT2D eigenvalue weighted by atomic mass is 10.5. The van der Waals surface area contributed by atoms with Gasteiger partial charge in [-0.05, 0) is 24.0 Å². The van der Waals surface area contributed by atoms with Gasteiger partial charge < -0.3 is 0 Å². The van der Waals surface area contributed by atoms with E-state index >= 15 is 0 Å². The second-order valence-corrected chi connectivity index (χ2v) is 2.46. The summed E-state index contributed by atoms with van der Waals surface area (Å²) in [7, 11) is 0. The molecule has 0 aliphatic carbocycles. The number of hydrogen-bond acceptors (Lipinski definition) is 1. The molecular weight excluding hydrogens is 104 g/mol. The molecule has 0 radical (unpaired) electrons. The van der Waals surface area contributed by atoms with Gasteiger partial charge >= 0.3 is 0 Å². The van der Waals surface area contributed by atoms with E-state index in [1.807, 2.05) is 17.6 Å². The van der Waals surface area contributed by atoms with Gasteiger partial charge in [-0.2, -0.15) is 0 Å². The van der Waals surface area contributed by atoms with Gasteiger partial charge in [-0.3, -0.25) is 0 Å². The molecule has 0 nitrogen and oxygen atoms in total. The predicted octanol–water partition coefficient (Wildman–Crippen LogP) is 2.31. The summed E-state index contributed by atoms with van der Waals surface area (Å²) in [4.78, 5) is 1.33. The van der Waals surface area contributed by atoms with E-state index < -0.39 is 0 Å². The highest BCUT2D eigenvalue weighted by Crippen LogP contribution is 2.17. The van der Waals surface area contributed by atoms with Gasteiger partial charge in [0.25, 0.3) is 0 Å². The smallest absolute Gasteiger partial charge is 0.0175 e. The molecule has 0 spiro atoms. The maximum Gasteiger partial charge on any atom is 0.0175 e. The minimum Gasteiger partial charge on any atom is -0.114 e. The van der Waals surface area contributed by atoms with Crippen molar-refractivity contribution in [1.82, 2.24) is 0 Å². The molecule has 1 rings (SSSR count). The summed E-state index contributed by atoms with van der Waals surface area (Å²) >= 11 is 1.71. The maximum atomic E-state index is 2.95. The third-order valence-corrected chi connectivity index (χ3v) is 1.49. The summed E-state index contributed by atoms with van der Waals surface area (Å²) in [5, 5.41) is 1.95. The molecule has 0 saturated carbocycles. The summed E-state index contributed by atoms with van der Waals surface area (Å²) in [6.07, 6.45) is 3.97. The highest BCUT2D eigenvalue weighted by molar-refractivity contribution is 8.05. The number of allylic oxidation sites excluding steroid dienone is 3. The first-order valence-electron chi connectivity index (χ1n) is 2.14. The van der Waals surface area contributed by atoms with Crippen molar-refractivity contribution in [3.05, 3.63) is 28.2 Å². The molecule has 0 atom stereocenters. The van der Waals surface area contributed by atoms with Crippen LogP contribution >= 0.6 is 11.8 Å². The first kappa shape index (κ1) is 4.76. The lowest BCUT2D eigenvalue weighted by molar-refractivity contribution is 1.67. The topological polar surface area (TPSA) is 0 Å². The average Bonchev–Trinajstić information content (AvgIpc) is 1.69. The van der Waals surface area contributed by atoms with E-state index in [0.29, 0.717) is 0 Å². The van der Waals surface area contributed by atoms with Crippen molar-refractivity contribution in [1.29, 1.82) is 0 Å². The van der Waals surface area contributed by atoms with Crippen LogP contribution in [-0.4, -0.2) is 0 Å². The van der Waals surface area contributed by atoms with Crippen LogP contribution < -0.4 is 0 Å². The van der Waals surface area contributed by atoms with Gasteiger partial charge in [-0.25, -0.2) is 0 Å². The third-order valence-electron chi connectivity index (χ3n) is 0.727. The SMILES string of the molecule is CC1=CC=C=CS1. The average molecular weight is 110 g/mol. The Morgan fingerprint density at radius 1 is 1.71 bits per heavy atom. The number of thioether (sulfide) groups is 1. The highest BCUT2D eigenvalue weighted by atomic mass is 32.2. The van der Waals surface area contributed by atoms with Crippen LogP contribution in [0.1, 0.15) is 6.92 Å². The van der Waals surface area contributed by atoms with E-state index in [1.165, 1.54) is 4.91 Å². The lowest BCUT2D eigenvalue weighted by Crippen LogP contribution is -1.62. The van der Waals surface area contributed by atoms with Gasteiger partial charge in [0.2, 0.25) is 0 Å². The highest BCUT2D eigenvalue weighted by Gasteiger charge is 1.83. The normalized spacial score (nSPS) is 17.0. The van der Waals surface area contributed by atoms with E-state index in [2.05, 4.69) is 12.7 Å². The van der Waals surface area contributed by atoms with Crippen LogP contribution in [-0.2, 0) is 0 Å². The third kappa shape index (κ3) is 1.26. The minimum absolute atomic E-state index is 1.33. The summed E-state index contributed by atoms with van der Waals surface area (Å²) in [6.45, 7) is 2.08. The molecule has 0 N–H and O–H groups in total. The van der Waals surface area contributed by atoms with E-state index in [9.17, 15) is 0 Å². The fourth-order valence-corrected chi connectivity index (χ4v) is 0.850. The van der Waals surface area contributed by atoms with Crippen molar-refractivity contribution in [2.45, 2.75) is 6.92 Å². The number of hydrogen-bond donors (Lipinski definition) is 0. The van der Waals surface area contributed by atoms with E-state index in [1.54, 1.807) is 11.8 Å². The Labute approximate surface area is 47.6 Å². The molecule has 1 aliphatic heterocycles. The fourth-order valence-electron chi connectivity index (χ4n) is 0.371. The molecule has 36 valence electrons. The molecule has 1 aliphatic rings. The molecule has 0 aromatic heterocycles. The van der Waals surface area contributed by atoms with Crippen LogP contribution in [0.25, 0.3) is 0 Å². The van der Waals surface area contributed by atoms with Crippen molar-refractivity contribution in [2.24, 2.45) is 0 Å². The second kappa shape index (κ2) is 2.06. The van der Waals surface area contributed by atoms with Gasteiger partial charge in [-0.15, -0.1) is 5.73 Å². The van der Waals surface area contributed by atoms with Crippen molar-refractivity contribution in [2.75, 3.05) is 0 Å². The van der Waals surface area contributed by atoms with Gasteiger partial charge in [-0.1, -0.05) is 11.8 Å². The van der Waals surface area contributed by atoms with Crippen LogP contribution in [0.2, 0.25) is 0 Å². The summed E-state index contributed by atoms with van der Waals surface area (Å²) < 4.78 is 0. The zero-order valence-electron chi connectivity index (χ0n) is 4.14. The second-order valence-electron chi connectivity index (χ2n) is 1.35. The van der Waals surface area contributed by atoms with Crippen LogP contribution in [0.5, 0.6) is 0 Å². The molecule has 1 heteroatoms. The first-order valence-corrected chi connectivity index (χ1v) is 3.02. The van der Waals surface area contributed by atoms with Crippen molar-refractivity contribution >= 4 is 11.8 Å². The summed E-state index contributed by atoms with van der Waals surface area (Å²) in [6, 6.07) is 0. The van der Waals surface area contributed by atoms with Crippen LogP contribution in [0.3, 0.4) is 0 Å². The van der Waals surface area contributed by atoms with Crippen molar-refractivity contribution in [3.8, 4) is 0 Å².